The predicted octanol–water partition coefficient (Wildman–Crippen LogP) is 0.340. The van der Waals surface area contributed by atoms with Crippen LogP contribution in [0.2, 0.25) is 0 Å². The summed E-state index contributed by atoms with van der Waals surface area (Å²) in [7, 11) is 1.43. The van der Waals surface area contributed by atoms with E-state index in [1.165, 1.54) is 18.1 Å². The molecule has 0 saturated carbocycles. The van der Waals surface area contributed by atoms with Gasteiger partial charge in [0.2, 0.25) is 0 Å². The summed E-state index contributed by atoms with van der Waals surface area (Å²) in [6, 6.07) is 0. The van der Waals surface area contributed by atoms with Gasteiger partial charge < -0.3 is 19.5 Å². The smallest absolute Gasteiger partial charge is 0.410 e. The highest BCUT2D eigenvalue weighted by atomic mass is 16.6. The second kappa shape index (κ2) is 5.50. The van der Waals surface area contributed by atoms with Gasteiger partial charge in [0, 0.05) is 13.7 Å². The van der Waals surface area contributed by atoms with Gasteiger partial charge >= 0.3 is 12.1 Å². The molecular formula is C10H15NO5. The number of rotatable bonds is 4. The number of carbonyl (C=O) groups is 2. The highest BCUT2D eigenvalue weighted by Gasteiger charge is 2.40. The number of carbonyl (C=O) groups excluding carboxylic acids is 1. The van der Waals surface area contributed by atoms with E-state index in [-0.39, 0.29) is 19.7 Å². The number of nitrogens with zero attached hydrogens (tertiary/aromatic N) is 1. The number of ether oxygens (including phenoxy) is 2. The summed E-state index contributed by atoms with van der Waals surface area (Å²) in [5.41, 5.74) is 0. The monoisotopic (exact) mass is 229 g/mol. The van der Waals surface area contributed by atoms with Crippen LogP contribution < -0.4 is 0 Å². The van der Waals surface area contributed by atoms with Crippen molar-refractivity contribution < 1.29 is 24.2 Å². The molecule has 0 bridgehead atoms. The van der Waals surface area contributed by atoms with Gasteiger partial charge in [-0.3, -0.25) is 4.79 Å². The predicted molar refractivity (Wildman–Crippen MR) is 55.0 cm³/mol. The molecule has 0 unspecified atom stereocenters. The highest BCUT2D eigenvalue weighted by molar-refractivity contribution is 5.75. The molecule has 1 aliphatic rings. The first-order valence-corrected chi connectivity index (χ1v) is 4.88. The van der Waals surface area contributed by atoms with E-state index >= 15 is 0 Å². The summed E-state index contributed by atoms with van der Waals surface area (Å²) in [5.74, 6) is -1.66. The summed E-state index contributed by atoms with van der Waals surface area (Å²) in [6.45, 7) is 3.89. The van der Waals surface area contributed by atoms with Crippen molar-refractivity contribution >= 4 is 12.1 Å². The molecule has 0 radical (unpaired) electrons. The van der Waals surface area contributed by atoms with E-state index in [4.69, 9.17) is 14.6 Å². The van der Waals surface area contributed by atoms with Gasteiger partial charge in [0.1, 0.15) is 12.5 Å². The number of carboxylic acid groups (broad SMARTS) is 1. The molecular weight excluding hydrogens is 214 g/mol. The van der Waals surface area contributed by atoms with Gasteiger partial charge in [-0.25, -0.2) is 4.79 Å². The molecule has 1 N–H and O–H groups in total. The summed E-state index contributed by atoms with van der Waals surface area (Å²) in [5, 5.41) is 8.92. The van der Waals surface area contributed by atoms with Crippen LogP contribution in [0.1, 0.15) is 0 Å². The lowest BCUT2D eigenvalue weighted by molar-refractivity contribution is -0.144. The molecule has 0 spiro atoms. The average Bonchev–Trinajstić information content (AvgIpc) is 2.69. The van der Waals surface area contributed by atoms with Gasteiger partial charge in [-0.1, -0.05) is 12.7 Å². The number of hydrogen-bond acceptors (Lipinski definition) is 4. The van der Waals surface area contributed by atoms with Gasteiger partial charge in [-0.2, -0.15) is 0 Å². The second-order valence-electron chi connectivity index (χ2n) is 3.49. The molecule has 0 aliphatic carbocycles. The van der Waals surface area contributed by atoms with E-state index in [9.17, 15) is 9.59 Å². The van der Waals surface area contributed by atoms with Gasteiger partial charge in [0.25, 0.3) is 0 Å². The van der Waals surface area contributed by atoms with Crippen LogP contribution in [-0.4, -0.2) is 55.0 Å². The van der Waals surface area contributed by atoms with Crippen LogP contribution in [0.15, 0.2) is 12.7 Å². The lowest BCUT2D eigenvalue weighted by atomic mass is 10.1. The lowest BCUT2D eigenvalue weighted by Crippen LogP contribution is -2.30. The van der Waals surface area contributed by atoms with E-state index in [0.29, 0.717) is 0 Å². The minimum Gasteiger partial charge on any atom is -0.481 e. The first-order chi connectivity index (χ1) is 7.60. The standard InChI is InChI=1S/C10H15NO5/c1-3-4-16-10(14)11-5-7(9(12)13)8(6-11)15-2/h3,7-8H,1,4-6H2,2H3,(H,12,13)/t7-,8-/m1/s1. The van der Waals surface area contributed by atoms with Crippen molar-refractivity contribution in [2.24, 2.45) is 5.92 Å². The maximum absolute atomic E-state index is 11.4. The van der Waals surface area contributed by atoms with E-state index in [1.807, 2.05) is 0 Å². The molecule has 6 heteroatoms. The van der Waals surface area contributed by atoms with Crippen LogP contribution in [0.4, 0.5) is 4.79 Å². The number of hydrogen-bond donors (Lipinski definition) is 1. The Hall–Kier alpha value is -1.56. The van der Waals surface area contributed by atoms with Crippen molar-refractivity contribution in [2.45, 2.75) is 6.10 Å². The quantitative estimate of drug-likeness (QED) is 0.703. The van der Waals surface area contributed by atoms with Gasteiger partial charge in [-0.05, 0) is 0 Å². The minimum atomic E-state index is -0.967. The van der Waals surface area contributed by atoms with Crippen molar-refractivity contribution in [2.75, 3.05) is 26.8 Å². The zero-order chi connectivity index (χ0) is 12.1. The summed E-state index contributed by atoms with van der Waals surface area (Å²) < 4.78 is 9.84. The number of aliphatic carboxylic acids is 1. The molecule has 16 heavy (non-hydrogen) atoms. The summed E-state index contributed by atoms with van der Waals surface area (Å²) in [4.78, 5) is 23.6. The normalized spacial score (nSPS) is 24.2. The molecule has 1 aliphatic heterocycles. The SMILES string of the molecule is C=CCOC(=O)N1C[C@@H](OC)[C@H](C(=O)O)C1. The molecule has 6 nitrogen and oxygen atoms in total. The zero-order valence-electron chi connectivity index (χ0n) is 9.09. The Bertz CT molecular complexity index is 291. The van der Waals surface area contributed by atoms with Crippen molar-refractivity contribution in [3.63, 3.8) is 0 Å². The Morgan fingerprint density at radius 2 is 2.25 bits per heavy atom. The zero-order valence-corrected chi connectivity index (χ0v) is 9.09. The highest BCUT2D eigenvalue weighted by Crippen LogP contribution is 2.20. The third-order valence-corrected chi connectivity index (χ3v) is 2.47. The number of amides is 1. The lowest BCUT2D eigenvalue weighted by Gasteiger charge is -2.14. The van der Waals surface area contributed by atoms with Gasteiger partial charge in [-0.15, -0.1) is 0 Å². The molecule has 1 rings (SSSR count). The van der Waals surface area contributed by atoms with Crippen LogP contribution >= 0.6 is 0 Å². The van der Waals surface area contributed by atoms with Crippen molar-refractivity contribution in [3.05, 3.63) is 12.7 Å². The molecule has 1 amide bonds. The minimum absolute atomic E-state index is 0.115. The van der Waals surface area contributed by atoms with Crippen molar-refractivity contribution in [1.82, 2.24) is 4.90 Å². The van der Waals surface area contributed by atoms with E-state index < -0.39 is 24.1 Å². The molecule has 1 saturated heterocycles. The van der Waals surface area contributed by atoms with Crippen molar-refractivity contribution in [1.29, 1.82) is 0 Å². The molecule has 2 atom stereocenters. The van der Waals surface area contributed by atoms with Crippen LogP contribution in [0.3, 0.4) is 0 Å². The Balaban J connectivity index is 2.56. The van der Waals surface area contributed by atoms with E-state index in [2.05, 4.69) is 6.58 Å². The Morgan fingerprint density at radius 1 is 1.56 bits per heavy atom. The fraction of sp³-hybridized carbons (Fsp3) is 0.600. The summed E-state index contributed by atoms with van der Waals surface area (Å²) in [6.07, 6.45) is 0.440. The number of carboxylic acids is 1. The fourth-order valence-electron chi connectivity index (χ4n) is 1.62. The Labute approximate surface area is 93.4 Å². The Morgan fingerprint density at radius 3 is 2.69 bits per heavy atom. The molecule has 0 aromatic heterocycles. The van der Waals surface area contributed by atoms with Crippen LogP contribution in [-0.2, 0) is 14.3 Å². The van der Waals surface area contributed by atoms with Crippen LogP contribution in [0, 0.1) is 5.92 Å². The first kappa shape index (κ1) is 12.5. The molecule has 1 heterocycles. The fourth-order valence-corrected chi connectivity index (χ4v) is 1.62. The average molecular weight is 229 g/mol. The second-order valence-corrected chi connectivity index (χ2v) is 3.49. The topological polar surface area (TPSA) is 76.1 Å². The maximum Gasteiger partial charge on any atom is 0.410 e. The van der Waals surface area contributed by atoms with Crippen LogP contribution in [0.25, 0.3) is 0 Å². The maximum atomic E-state index is 11.4. The van der Waals surface area contributed by atoms with Gasteiger partial charge in [0.15, 0.2) is 0 Å². The molecule has 1 fully saturated rings. The van der Waals surface area contributed by atoms with Crippen LogP contribution in [0.5, 0.6) is 0 Å². The van der Waals surface area contributed by atoms with E-state index in [0.717, 1.165) is 0 Å². The molecule has 90 valence electrons. The third kappa shape index (κ3) is 2.73. The molecule has 0 aromatic rings. The molecule has 0 aromatic carbocycles. The van der Waals surface area contributed by atoms with Gasteiger partial charge in [0.05, 0.1) is 12.6 Å². The first-order valence-electron chi connectivity index (χ1n) is 4.88. The summed E-state index contributed by atoms with van der Waals surface area (Å²) >= 11 is 0. The van der Waals surface area contributed by atoms with Crippen molar-refractivity contribution in [3.8, 4) is 0 Å². The van der Waals surface area contributed by atoms with E-state index in [1.54, 1.807) is 0 Å². The number of methoxy groups -OCH3 is 1. The Kier molecular flexibility index (Phi) is 4.30. The third-order valence-electron chi connectivity index (χ3n) is 2.47. The number of likely N-dealkylation sites (tertiary alicyclic amines) is 1. The largest absolute Gasteiger partial charge is 0.481 e.